The highest BCUT2D eigenvalue weighted by molar-refractivity contribution is 5.95. The van der Waals surface area contributed by atoms with Crippen molar-refractivity contribution in [3.8, 4) is 0 Å². The average molecular weight is 130 g/mol. The molecule has 52 valence electrons. The highest BCUT2D eigenvalue weighted by atomic mass is 16.5. The molecule has 3 heteroatoms. The molecule has 1 N–H and O–H groups in total. The molecular formula is C6H10O3. The van der Waals surface area contributed by atoms with Crippen LogP contribution in [0.1, 0.15) is 6.92 Å². The molecule has 0 aromatic rings. The van der Waals surface area contributed by atoms with Gasteiger partial charge in [-0.2, -0.15) is 0 Å². The fourth-order valence-corrected chi connectivity index (χ4v) is 0.317. The quantitative estimate of drug-likeness (QED) is 0.451. The van der Waals surface area contributed by atoms with Gasteiger partial charge in [-0.15, -0.1) is 0 Å². The van der Waals surface area contributed by atoms with Gasteiger partial charge in [0.15, 0.2) is 5.78 Å². The van der Waals surface area contributed by atoms with Crippen LogP contribution in [0.25, 0.3) is 0 Å². The first kappa shape index (κ1) is 8.17. The third-order valence-electron chi connectivity index (χ3n) is 0.909. The van der Waals surface area contributed by atoms with E-state index in [1.54, 1.807) is 0 Å². The Bertz CT molecular complexity index is 126. The Morgan fingerprint density at radius 2 is 2.33 bits per heavy atom. The molecule has 0 radical (unpaired) electrons. The standard InChI is InChI=1S/C6H10O3/c1-5(3-7)6(8)4-9-2/h3,7H,4H2,1-2H3. The number of ether oxygens (including phenoxy) is 1. The number of hydrogen-bond acceptors (Lipinski definition) is 3. The summed E-state index contributed by atoms with van der Waals surface area (Å²) in [6, 6.07) is 0. The topological polar surface area (TPSA) is 46.5 Å². The van der Waals surface area contributed by atoms with Gasteiger partial charge in [0, 0.05) is 12.7 Å². The van der Waals surface area contributed by atoms with Gasteiger partial charge in [-0.3, -0.25) is 4.79 Å². The number of carbonyl (C=O) groups excluding carboxylic acids is 1. The van der Waals surface area contributed by atoms with Gasteiger partial charge in [-0.1, -0.05) is 0 Å². The molecule has 9 heavy (non-hydrogen) atoms. The van der Waals surface area contributed by atoms with Crippen molar-refractivity contribution in [1.82, 2.24) is 0 Å². The normalized spacial score (nSPS) is 11.6. The maximum Gasteiger partial charge on any atom is 0.187 e. The number of Topliss-reactive ketones (excluding diaryl/α,β-unsaturated/α-hetero) is 1. The van der Waals surface area contributed by atoms with E-state index in [1.165, 1.54) is 14.0 Å². The van der Waals surface area contributed by atoms with Crippen LogP contribution in [0.3, 0.4) is 0 Å². The van der Waals surface area contributed by atoms with Gasteiger partial charge in [0.25, 0.3) is 0 Å². The first-order valence-electron chi connectivity index (χ1n) is 2.55. The number of rotatable bonds is 3. The number of aliphatic hydroxyl groups excluding tert-OH is 1. The van der Waals surface area contributed by atoms with E-state index in [2.05, 4.69) is 4.74 Å². The summed E-state index contributed by atoms with van der Waals surface area (Å²) in [5.41, 5.74) is 0.317. The van der Waals surface area contributed by atoms with Crippen LogP contribution < -0.4 is 0 Å². The van der Waals surface area contributed by atoms with Crippen molar-refractivity contribution in [3.05, 3.63) is 11.8 Å². The van der Waals surface area contributed by atoms with Gasteiger partial charge < -0.3 is 9.84 Å². The third-order valence-corrected chi connectivity index (χ3v) is 0.909. The van der Waals surface area contributed by atoms with E-state index >= 15 is 0 Å². The van der Waals surface area contributed by atoms with E-state index in [1.807, 2.05) is 0 Å². The fourth-order valence-electron chi connectivity index (χ4n) is 0.317. The second kappa shape index (κ2) is 4.09. The molecular weight excluding hydrogens is 120 g/mol. The molecule has 0 aliphatic heterocycles. The first-order chi connectivity index (χ1) is 4.22. The third kappa shape index (κ3) is 2.87. The Morgan fingerprint density at radius 3 is 2.67 bits per heavy atom. The van der Waals surface area contributed by atoms with Crippen molar-refractivity contribution in [1.29, 1.82) is 0 Å². The SMILES string of the molecule is COCC(=O)C(C)=CO. The molecule has 0 aliphatic rings. The zero-order valence-corrected chi connectivity index (χ0v) is 5.55. The molecule has 3 nitrogen and oxygen atoms in total. The van der Waals surface area contributed by atoms with E-state index in [0.717, 1.165) is 6.26 Å². The fraction of sp³-hybridized carbons (Fsp3) is 0.500. The molecule has 0 heterocycles. The summed E-state index contributed by atoms with van der Waals surface area (Å²) < 4.78 is 4.53. The van der Waals surface area contributed by atoms with Crippen LogP contribution in [-0.2, 0) is 9.53 Å². The molecule has 0 unspecified atom stereocenters. The second-order valence-electron chi connectivity index (χ2n) is 1.67. The van der Waals surface area contributed by atoms with Crippen LogP contribution in [-0.4, -0.2) is 24.6 Å². The number of ketones is 1. The summed E-state index contributed by atoms with van der Waals surface area (Å²) in [4.78, 5) is 10.6. The largest absolute Gasteiger partial charge is 0.515 e. The minimum Gasteiger partial charge on any atom is -0.515 e. The van der Waals surface area contributed by atoms with E-state index in [-0.39, 0.29) is 12.4 Å². The summed E-state index contributed by atoms with van der Waals surface area (Å²) in [5.74, 6) is -0.194. The summed E-state index contributed by atoms with van der Waals surface area (Å²) >= 11 is 0. The second-order valence-corrected chi connectivity index (χ2v) is 1.67. The van der Waals surface area contributed by atoms with Gasteiger partial charge >= 0.3 is 0 Å². The lowest BCUT2D eigenvalue weighted by Gasteiger charge is -1.94. The van der Waals surface area contributed by atoms with E-state index in [9.17, 15) is 4.79 Å². The predicted octanol–water partition coefficient (Wildman–Crippen LogP) is 0.664. The lowest BCUT2D eigenvalue weighted by molar-refractivity contribution is -0.119. The predicted molar refractivity (Wildman–Crippen MR) is 33.3 cm³/mol. The van der Waals surface area contributed by atoms with Crippen molar-refractivity contribution in [2.24, 2.45) is 0 Å². The average Bonchev–Trinajstić information content (AvgIpc) is 1.87. The summed E-state index contributed by atoms with van der Waals surface area (Å²) in [5, 5.41) is 8.29. The molecule has 0 aromatic carbocycles. The number of hydrogen-bond donors (Lipinski definition) is 1. The first-order valence-corrected chi connectivity index (χ1v) is 2.55. The number of carbonyl (C=O) groups is 1. The molecule has 0 saturated carbocycles. The summed E-state index contributed by atoms with van der Waals surface area (Å²) in [6.45, 7) is 1.56. The van der Waals surface area contributed by atoms with Gasteiger partial charge in [-0.05, 0) is 6.92 Å². The van der Waals surface area contributed by atoms with Crippen LogP contribution in [0.5, 0.6) is 0 Å². The Morgan fingerprint density at radius 1 is 1.78 bits per heavy atom. The minimum absolute atomic E-state index is 0.0306. The zero-order chi connectivity index (χ0) is 7.28. The molecule has 0 saturated heterocycles. The minimum atomic E-state index is -0.194. The van der Waals surface area contributed by atoms with Crippen LogP contribution in [0.4, 0.5) is 0 Å². The van der Waals surface area contributed by atoms with Crippen molar-refractivity contribution >= 4 is 5.78 Å². The lowest BCUT2D eigenvalue weighted by atomic mass is 10.2. The number of methoxy groups -OCH3 is 1. The highest BCUT2D eigenvalue weighted by Gasteiger charge is 2.01. The van der Waals surface area contributed by atoms with E-state index < -0.39 is 0 Å². The Labute approximate surface area is 53.9 Å². The molecule has 0 amide bonds. The Balaban J connectivity index is 3.74. The van der Waals surface area contributed by atoms with Gasteiger partial charge in [0.1, 0.15) is 6.61 Å². The van der Waals surface area contributed by atoms with Gasteiger partial charge in [0.05, 0.1) is 6.26 Å². The molecule has 0 atom stereocenters. The van der Waals surface area contributed by atoms with E-state index in [4.69, 9.17) is 5.11 Å². The smallest absolute Gasteiger partial charge is 0.187 e. The number of aliphatic hydroxyl groups is 1. The Hall–Kier alpha value is -0.830. The van der Waals surface area contributed by atoms with Crippen molar-refractivity contribution in [2.45, 2.75) is 6.92 Å². The highest BCUT2D eigenvalue weighted by Crippen LogP contribution is 1.91. The summed E-state index contributed by atoms with van der Waals surface area (Å²) in [7, 11) is 1.43. The van der Waals surface area contributed by atoms with Crippen LogP contribution in [0, 0.1) is 0 Å². The molecule has 0 spiro atoms. The maximum absolute atomic E-state index is 10.6. The molecule has 0 bridgehead atoms. The van der Waals surface area contributed by atoms with Crippen LogP contribution in [0.2, 0.25) is 0 Å². The lowest BCUT2D eigenvalue weighted by Crippen LogP contribution is -2.07. The van der Waals surface area contributed by atoms with Crippen molar-refractivity contribution in [3.63, 3.8) is 0 Å². The molecule has 0 rings (SSSR count). The van der Waals surface area contributed by atoms with Crippen molar-refractivity contribution in [2.75, 3.05) is 13.7 Å². The van der Waals surface area contributed by atoms with Crippen molar-refractivity contribution < 1.29 is 14.6 Å². The Kier molecular flexibility index (Phi) is 3.71. The zero-order valence-electron chi connectivity index (χ0n) is 5.55. The summed E-state index contributed by atoms with van der Waals surface area (Å²) in [6.07, 6.45) is 0.779. The van der Waals surface area contributed by atoms with Crippen LogP contribution in [0.15, 0.2) is 11.8 Å². The van der Waals surface area contributed by atoms with Gasteiger partial charge in [0.2, 0.25) is 0 Å². The van der Waals surface area contributed by atoms with Gasteiger partial charge in [-0.25, -0.2) is 0 Å². The monoisotopic (exact) mass is 130 g/mol. The molecule has 0 aliphatic carbocycles. The molecule has 0 aromatic heterocycles. The van der Waals surface area contributed by atoms with E-state index in [0.29, 0.717) is 5.57 Å². The molecule has 0 fully saturated rings. The van der Waals surface area contributed by atoms with Crippen LogP contribution >= 0.6 is 0 Å². The maximum atomic E-state index is 10.6.